The molecule has 1 N–H and O–H groups in total. The van der Waals surface area contributed by atoms with Crippen LogP contribution in [0, 0.1) is 5.82 Å². The number of nitrogens with zero attached hydrogens (tertiary/aromatic N) is 1. The second-order valence-corrected chi connectivity index (χ2v) is 9.57. The zero-order valence-electron chi connectivity index (χ0n) is 17.4. The molecule has 0 spiro atoms. The number of fused-ring (bicyclic) bond motifs is 1. The Morgan fingerprint density at radius 1 is 0.906 bits per heavy atom. The molecule has 0 saturated carbocycles. The lowest BCUT2D eigenvalue weighted by molar-refractivity contribution is -0.121. The van der Waals surface area contributed by atoms with E-state index in [0.717, 1.165) is 5.56 Å². The third-order valence-electron chi connectivity index (χ3n) is 5.23. The van der Waals surface area contributed by atoms with Gasteiger partial charge in [-0.2, -0.15) is 0 Å². The van der Waals surface area contributed by atoms with Crippen LogP contribution in [0.5, 0.6) is 0 Å². The number of aromatic nitrogens is 1. The van der Waals surface area contributed by atoms with Crippen LogP contribution in [0.15, 0.2) is 90.0 Å². The van der Waals surface area contributed by atoms with Gasteiger partial charge >= 0.3 is 0 Å². The van der Waals surface area contributed by atoms with E-state index in [1.165, 1.54) is 24.4 Å². The summed E-state index contributed by atoms with van der Waals surface area (Å²) in [5.41, 5.74) is 2.16. The minimum Gasteiger partial charge on any atom is -0.354 e. The van der Waals surface area contributed by atoms with Crippen LogP contribution < -0.4 is 5.32 Å². The van der Waals surface area contributed by atoms with Gasteiger partial charge in [-0.05, 0) is 35.7 Å². The molecule has 0 saturated heterocycles. The van der Waals surface area contributed by atoms with Crippen molar-refractivity contribution in [3.05, 3.63) is 102 Å². The van der Waals surface area contributed by atoms with Crippen LogP contribution in [-0.2, 0) is 33.4 Å². The van der Waals surface area contributed by atoms with E-state index in [0.29, 0.717) is 29.4 Å². The lowest BCUT2D eigenvalue weighted by atomic mass is 10.1. The van der Waals surface area contributed by atoms with Crippen molar-refractivity contribution in [1.29, 1.82) is 0 Å². The van der Waals surface area contributed by atoms with E-state index in [-0.39, 0.29) is 23.1 Å². The Morgan fingerprint density at radius 2 is 1.62 bits per heavy atom. The average Bonchev–Trinajstić information content (AvgIpc) is 3.14. The number of rotatable bonds is 8. The predicted molar refractivity (Wildman–Crippen MR) is 122 cm³/mol. The van der Waals surface area contributed by atoms with Crippen LogP contribution >= 0.6 is 0 Å². The Hall–Kier alpha value is -3.45. The van der Waals surface area contributed by atoms with E-state index in [1.54, 1.807) is 34.9 Å². The highest BCUT2D eigenvalue weighted by atomic mass is 32.2. The molecule has 3 aromatic carbocycles. The first-order valence-corrected chi connectivity index (χ1v) is 11.9. The quantitative estimate of drug-likeness (QED) is 0.439. The summed E-state index contributed by atoms with van der Waals surface area (Å²) in [5, 5.41) is 3.43. The SMILES string of the molecule is O=C(Cn1cc(S(=O)(=O)Cc2cccc(F)c2)c2ccccc21)NCCc1ccccc1. The maximum Gasteiger partial charge on any atom is 0.239 e. The number of carbonyl (C=O) groups is 1. The second kappa shape index (κ2) is 9.36. The molecule has 0 aliphatic carbocycles. The Kier molecular flexibility index (Phi) is 6.37. The molecule has 0 fully saturated rings. The zero-order valence-corrected chi connectivity index (χ0v) is 18.2. The first kappa shape index (κ1) is 21.8. The number of para-hydroxylation sites is 1. The Bertz CT molecular complexity index is 1350. The van der Waals surface area contributed by atoms with Gasteiger partial charge in [-0.25, -0.2) is 12.8 Å². The molecule has 4 aromatic rings. The molecule has 1 amide bonds. The topological polar surface area (TPSA) is 68.2 Å². The number of hydrogen-bond donors (Lipinski definition) is 1. The third-order valence-corrected chi connectivity index (χ3v) is 6.93. The smallest absolute Gasteiger partial charge is 0.239 e. The number of nitrogens with one attached hydrogen (secondary N) is 1. The number of carbonyl (C=O) groups excluding carboxylic acids is 1. The van der Waals surface area contributed by atoms with Crippen molar-refractivity contribution in [2.75, 3.05) is 6.54 Å². The van der Waals surface area contributed by atoms with Gasteiger partial charge in [0.15, 0.2) is 9.84 Å². The number of benzene rings is 3. The molecule has 164 valence electrons. The Balaban J connectivity index is 1.52. The van der Waals surface area contributed by atoms with Crippen LogP contribution in [0.2, 0.25) is 0 Å². The standard InChI is InChI=1S/C25H23FN2O3S/c26-21-10-6-9-20(15-21)18-32(30,31)24-16-28(23-12-5-4-11-22(23)24)17-25(29)27-14-13-19-7-2-1-3-8-19/h1-12,15-16H,13-14,17-18H2,(H,27,29). The number of sulfone groups is 1. The van der Waals surface area contributed by atoms with E-state index in [2.05, 4.69) is 5.32 Å². The van der Waals surface area contributed by atoms with Crippen LogP contribution in [0.4, 0.5) is 4.39 Å². The van der Waals surface area contributed by atoms with Gasteiger partial charge in [0, 0.05) is 23.6 Å². The second-order valence-electron chi connectivity index (χ2n) is 7.61. The molecule has 5 nitrogen and oxygen atoms in total. The maximum atomic E-state index is 13.5. The summed E-state index contributed by atoms with van der Waals surface area (Å²) in [6, 6.07) is 22.5. The normalized spacial score (nSPS) is 11.5. The van der Waals surface area contributed by atoms with E-state index in [4.69, 9.17) is 0 Å². The van der Waals surface area contributed by atoms with Crippen LogP contribution in [0.25, 0.3) is 10.9 Å². The molecule has 1 heterocycles. The van der Waals surface area contributed by atoms with Gasteiger partial charge in [0.25, 0.3) is 0 Å². The third kappa shape index (κ3) is 5.06. The maximum absolute atomic E-state index is 13.5. The van der Waals surface area contributed by atoms with E-state index in [9.17, 15) is 17.6 Å². The highest BCUT2D eigenvalue weighted by Crippen LogP contribution is 2.28. The van der Waals surface area contributed by atoms with Crippen LogP contribution in [-0.4, -0.2) is 25.4 Å². The summed E-state index contributed by atoms with van der Waals surface area (Å²) >= 11 is 0. The summed E-state index contributed by atoms with van der Waals surface area (Å²) in [4.78, 5) is 12.6. The zero-order chi connectivity index (χ0) is 22.6. The van der Waals surface area contributed by atoms with Crippen molar-refractivity contribution in [2.45, 2.75) is 23.6 Å². The largest absolute Gasteiger partial charge is 0.354 e. The lowest BCUT2D eigenvalue weighted by Crippen LogP contribution is -2.29. The fourth-order valence-electron chi connectivity index (χ4n) is 3.72. The molecule has 1 aromatic heterocycles. The molecule has 0 bridgehead atoms. The van der Waals surface area contributed by atoms with E-state index >= 15 is 0 Å². The summed E-state index contributed by atoms with van der Waals surface area (Å²) in [5.74, 6) is -0.995. The average molecular weight is 451 g/mol. The molecule has 7 heteroatoms. The van der Waals surface area contributed by atoms with E-state index < -0.39 is 15.7 Å². The summed E-state index contributed by atoms with van der Waals surface area (Å²) in [6.07, 6.45) is 2.21. The number of amides is 1. The van der Waals surface area contributed by atoms with E-state index in [1.807, 2.05) is 30.3 Å². The molecule has 0 aliphatic heterocycles. The van der Waals surface area contributed by atoms with Crippen molar-refractivity contribution < 1.29 is 17.6 Å². The van der Waals surface area contributed by atoms with Crippen molar-refractivity contribution >= 4 is 26.6 Å². The monoisotopic (exact) mass is 450 g/mol. The van der Waals surface area contributed by atoms with Gasteiger partial charge in [-0.3, -0.25) is 4.79 Å². The summed E-state index contributed by atoms with van der Waals surface area (Å²) < 4.78 is 41.4. The van der Waals surface area contributed by atoms with Crippen molar-refractivity contribution in [2.24, 2.45) is 0 Å². The Morgan fingerprint density at radius 3 is 2.41 bits per heavy atom. The Labute approximate surface area is 186 Å². The molecule has 32 heavy (non-hydrogen) atoms. The van der Waals surface area contributed by atoms with Gasteiger partial charge in [0.05, 0.1) is 10.6 Å². The number of hydrogen-bond acceptors (Lipinski definition) is 3. The fraction of sp³-hybridized carbons (Fsp3) is 0.160. The highest BCUT2D eigenvalue weighted by Gasteiger charge is 2.22. The number of halogens is 1. The van der Waals surface area contributed by atoms with Crippen molar-refractivity contribution in [3.8, 4) is 0 Å². The van der Waals surface area contributed by atoms with Crippen LogP contribution in [0.1, 0.15) is 11.1 Å². The molecule has 0 aliphatic rings. The van der Waals surface area contributed by atoms with Gasteiger partial charge in [0.2, 0.25) is 5.91 Å². The molecule has 0 unspecified atom stereocenters. The minimum absolute atomic E-state index is 0.00475. The van der Waals surface area contributed by atoms with Gasteiger partial charge < -0.3 is 9.88 Å². The molecule has 0 radical (unpaired) electrons. The van der Waals surface area contributed by atoms with Crippen molar-refractivity contribution in [3.63, 3.8) is 0 Å². The van der Waals surface area contributed by atoms with Gasteiger partial charge in [-0.15, -0.1) is 0 Å². The van der Waals surface area contributed by atoms with Gasteiger partial charge in [0.1, 0.15) is 12.4 Å². The summed E-state index contributed by atoms with van der Waals surface area (Å²) in [7, 11) is -3.74. The summed E-state index contributed by atoms with van der Waals surface area (Å²) in [6.45, 7) is 0.498. The predicted octanol–water partition coefficient (Wildman–Crippen LogP) is 4.11. The first-order chi connectivity index (χ1) is 15.4. The molecular formula is C25H23FN2O3S. The van der Waals surface area contributed by atoms with Gasteiger partial charge in [-0.1, -0.05) is 60.7 Å². The fourth-order valence-corrected chi connectivity index (χ4v) is 5.29. The minimum atomic E-state index is -3.74. The highest BCUT2D eigenvalue weighted by molar-refractivity contribution is 7.90. The first-order valence-electron chi connectivity index (χ1n) is 10.3. The molecule has 0 atom stereocenters. The van der Waals surface area contributed by atoms with Crippen molar-refractivity contribution in [1.82, 2.24) is 9.88 Å². The molecule has 4 rings (SSSR count). The molecular weight excluding hydrogens is 427 g/mol. The van der Waals surface area contributed by atoms with Crippen LogP contribution in [0.3, 0.4) is 0 Å². The lowest BCUT2D eigenvalue weighted by Gasteiger charge is -2.07.